The molecular weight excluding hydrogens is 328 g/mol. The average molecular weight is 348 g/mol. The molecule has 1 amide bonds. The molecule has 0 heterocycles. The summed E-state index contributed by atoms with van der Waals surface area (Å²) in [4.78, 5) is 12.2. The van der Waals surface area contributed by atoms with Crippen LogP contribution in [0, 0.1) is 0 Å². The van der Waals surface area contributed by atoms with Crippen LogP contribution in [-0.2, 0) is 16.4 Å². The molecule has 2 aromatic carbocycles. The van der Waals surface area contributed by atoms with Crippen molar-refractivity contribution in [1.82, 2.24) is 10.0 Å². The van der Waals surface area contributed by atoms with Crippen molar-refractivity contribution in [1.29, 1.82) is 0 Å². The second kappa shape index (κ2) is 7.94. The van der Waals surface area contributed by atoms with Crippen LogP contribution in [0.2, 0.25) is 0 Å². The van der Waals surface area contributed by atoms with Gasteiger partial charge in [0.2, 0.25) is 10.0 Å². The first kappa shape index (κ1) is 18.0. The van der Waals surface area contributed by atoms with Gasteiger partial charge in [0.15, 0.2) is 0 Å². The highest BCUT2D eigenvalue weighted by Crippen LogP contribution is 2.12. The van der Waals surface area contributed by atoms with Crippen molar-refractivity contribution < 1.29 is 17.9 Å². The lowest BCUT2D eigenvalue weighted by atomic mass is 10.1. The lowest BCUT2D eigenvalue weighted by Crippen LogP contribution is -2.26. The van der Waals surface area contributed by atoms with Crippen LogP contribution in [-0.4, -0.2) is 35.0 Å². The molecule has 0 bridgehead atoms. The number of hydrogen-bond donors (Lipinski definition) is 2. The molecule has 0 unspecified atom stereocenters. The van der Waals surface area contributed by atoms with Crippen LogP contribution in [0.5, 0.6) is 5.75 Å². The molecule has 2 N–H and O–H groups in total. The number of rotatable bonds is 7. The summed E-state index contributed by atoms with van der Waals surface area (Å²) < 4.78 is 30.6. The molecule has 0 aliphatic rings. The Morgan fingerprint density at radius 1 is 1.04 bits per heavy atom. The fraction of sp³-hybridized carbons (Fsp3) is 0.235. The van der Waals surface area contributed by atoms with Crippen LogP contribution in [0.1, 0.15) is 15.9 Å². The molecular formula is C17H20N2O4S. The van der Waals surface area contributed by atoms with E-state index >= 15 is 0 Å². The number of nitrogens with one attached hydrogen (secondary N) is 2. The smallest absolute Gasteiger partial charge is 0.251 e. The Kier molecular flexibility index (Phi) is 5.94. The van der Waals surface area contributed by atoms with Crippen molar-refractivity contribution in [2.75, 3.05) is 20.7 Å². The Labute approximate surface area is 141 Å². The Hall–Kier alpha value is -2.38. The third-order valence-corrected chi connectivity index (χ3v) is 4.98. The number of benzene rings is 2. The lowest BCUT2D eigenvalue weighted by Gasteiger charge is -2.07. The van der Waals surface area contributed by atoms with Gasteiger partial charge in [-0.2, -0.15) is 0 Å². The van der Waals surface area contributed by atoms with Crippen molar-refractivity contribution in [2.24, 2.45) is 0 Å². The second-order valence-corrected chi connectivity index (χ2v) is 6.97. The predicted molar refractivity (Wildman–Crippen MR) is 91.7 cm³/mol. The summed E-state index contributed by atoms with van der Waals surface area (Å²) in [6, 6.07) is 13.4. The zero-order valence-electron chi connectivity index (χ0n) is 13.6. The number of hydrogen-bond acceptors (Lipinski definition) is 4. The molecule has 6 nitrogen and oxygen atoms in total. The van der Waals surface area contributed by atoms with E-state index in [-0.39, 0.29) is 10.8 Å². The van der Waals surface area contributed by atoms with E-state index in [2.05, 4.69) is 10.0 Å². The molecule has 2 rings (SSSR count). The summed E-state index contributed by atoms with van der Waals surface area (Å²) in [5.41, 5.74) is 1.51. The van der Waals surface area contributed by atoms with Gasteiger partial charge >= 0.3 is 0 Å². The van der Waals surface area contributed by atoms with Crippen LogP contribution < -0.4 is 14.8 Å². The zero-order valence-corrected chi connectivity index (χ0v) is 14.4. The van der Waals surface area contributed by atoms with Crippen molar-refractivity contribution in [3.63, 3.8) is 0 Å². The molecule has 0 spiro atoms. The largest absolute Gasteiger partial charge is 0.497 e. The first-order valence-corrected chi connectivity index (χ1v) is 8.89. The molecule has 2 aromatic rings. The van der Waals surface area contributed by atoms with Gasteiger partial charge < -0.3 is 10.1 Å². The monoisotopic (exact) mass is 348 g/mol. The van der Waals surface area contributed by atoms with E-state index in [0.717, 1.165) is 11.3 Å². The number of carbonyl (C=O) groups is 1. The van der Waals surface area contributed by atoms with Crippen LogP contribution in [0.15, 0.2) is 53.4 Å². The molecule has 128 valence electrons. The van der Waals surface area contributed by atoms with E-state index in [0.29, 0.717) is 18.5 Å². The average Bonchev–Trinajstić information content (AvgIpc) is 2.62. The molecule has 0 atom stereocenters. The number of ether oxygens (including phenoxy) is 1. The highest BCUT2D eigenvalue weighted by molar-refractivity contribution is 7.89. The van der Waals surface area contributed by atoms with Crippen LogP contribution in [0.25, 0.3) is 0 Å². The minimum atomic E-state index is -3.49. The summed E-state index contributed by atoms with van der Waals surface area (Å²) >= 11 is 0. The quantitative estimate of drug-likeness (QED) is 0.796. The summed E-state index contributed by atoms with van der Waals surface area (Å²) in [6.45, 7) is 0.488. The van der Waals surface area contributed by atoms with Crippen molar-refractivity contribution in [3.05, 3.63) is 59.7 Å². The van der Waals surface area contributed by atoms with Crippen LogP contribution in [0.4, 0.5) is 0 Å². The summed E-state index contributed by atoms with van der Waals surface area (Å²) in [6.07, 6.45) is 0.696. The molecule has 0 aliphatic carbocycles. The van der Waals surface area contributed by atoms with Gasteiger partial charge in [0.1, 0.15) is 5.75 Å². The molecule has 0 saturated carbocycles. The topological polar surface area (TPSA) is 84.5 Å². The fourth-order valence-corrected chi connectivity index (χ4v) is 2.85. The maximum Gasteiger partial charge on any atom is 0.251 e. The predicted octanol–water partition coefficient (Wildman–Crippen LogP) is 1.58. The minimum absolute atomic E-state index is 0.125. The van der Waals surface area contributed by atoms with Gasteiger partial charge in [0.25, 0.3) is 5.91 Å². The normalized spacial score (nSPS) is 11.1. The van der Waals surface area contributed by atoms with E-state index in [9.17, 15) is 13.2 Å². The highest BCUT2D eigenvalue weighted by Gasteiger charge is 2.12. The third kappa shape index (κ3) is 4.56. The van der Waals surface area contributed by atoms with Gasteiger partial charge in [-0.15, -0.1) is 0 Å². The summed E-state index contributed by atoms with van der Waals surface area (Å²) in [5, 5.41) is 2.81. The minimum Gasteiger partial charge on any atom is -0.497 e. The van der Waals surface area contributed by atoms with Gasteiger partial charge in [0.05, 0.1) is 12.0 Å². The van der Waals surface area contributed by atoms with Gasteiger partial charge in [-0.1, -0.05) is 12.1 Å². The van der Waals surface area contributed by atoms with Crippen LogP contribution >= 0.6 is 0 Å². The van der Waals surface area contributed by atoms with Crippen LogP contribution in [0.3, 0.4) is 0 Å². The van der Waals surface area contributed by atoms with E-state index < -0.39 is 10.0 Å². The fourth-order valence-electron chi connectivity index (χ4n) is 2.12. The second-order valence-electron chi connectivity index (χ2n) is 5.09. The Morgan fingerprint density at radius 3 is 2.21 bits per heavy atom. The molecule has 0 saturated heterocycles. The molecule has 0 fully saturated rings. The SMILES string of the molecule is CNS(=O)(=O)c1ccc(C(=O)NCCc2ccc(OC)cc2)cc1. The lowest BCUT2D eigenvalue weighted by molar-refractivity contribution is 0.0954. The van der Waals surface area contributed by atoms with Gasteiger partial charge in [-0.25, -0.2) is 13.1 Å². The molecule has 0 radical (unpaired) electrons. The Bertz CT molecular complexity index is 784. The highest BCUT2D eigenvalue weighted by atomic mass is 32.2. The Morgan fingerprint density at radius 2 is 1.67 bits per heavy atom. The maximum absolute atomic E-state index is 12.1. The first-order chi connectivity index (χ1) is 11.5. The van der Waals surface area contributed by atoms with Gasteiger partial charge in [-0.05, 0) is 55.4 Å². The van der Waals surface area contributed by atoms with E-state index in [1.807, 2.05) is 24.3 Å². The first-order valence-electron chi connectivity index (χ1n) is 7.41. The number of sulfonamides is 1. The number of amides is 1. The maximum atomic E-state index is 12.1. The summed E-state index contributed by atoms with van der Waals surface area (Å²) in [5.74, 6) is 0.552. The Balaban J connectivity index is 1.90. The van der Waals surface area contributed by atoms with E-state index in [4.69, 9.17) is 4.74 Å². The number of methoxy groups -OCH3 is 1. The molecule has 0 aliphatic heterocycles. The van der Waals surface area contributed by atoms with Crippen molar-refractivity contribution in [3.8, 4) is 5.75 Å². The molecule has 0 aromatic heterocycles. The van der Waals surface area contributed by atoms with Crippen molar-refractivity contribution in [2.45, 2.75) is 11.3 Å². The van der Waals surface area contributed by atoms with E-state index in [1.54, 1.807) is 7.11 Å². The molecule has 24 heavy (non-hydrogen) atoms. The third-order valence-electron chi connectivity index (χ3n) is 3.55. The van der Waals surface area contributed by atoms with Gasteiger partial charge in [-0.3, -0.25) is 4.79 Å². The summed E-state index contributed by atoms with van der Waals surface area (Å²) in [7, 11) is -0.536. The van der Waals surface area contributed by atoms with E-state index in [1.165, 1.54) is 31.3 Å². The van der Waals surface area contributed by atoms with Crippen molar-refractivity contribution >= 4 is 15.9 Å². The molecule has 7 heteroatoms. The van der Waals surface area contributed by atoms with Gasteiger partial charge in [0, 0.05) is 12.1 Å². The zero-order chi connectivity index (χ0) is 17.6. The standard InChI is InChI=1S/C17H20N2O4S/c1-18-24(21,22)16-9-5-14(6-10-16)17(20)19-12-11-13-3-7-15(23-2)8-4-13/h3-10,18H,11-12H2,1-2H3,(H,19,20). The number of carbonyl (C=O) groups excluding carboxylic acids is 1.